The molecule has 4 nitrogen and oxygen atoms in total. The molecule has 1 aromatic heterocycles. The van der Waals surface area contributed by atoms with E-state index in [4.69, 9.17) is 5.73 Å². The van der Waals surface area contributed by atoms with Crippen molar-refractivity contribution >= 4 is 17.4 Å². The third-order valence-electron chi connectivity index (χ3n) is 2.77. The van der Waals surface area contributed by atoms with Crippen LogP contribution in [0.4, 0.5) is 11.5 Å². The Hall–Kier alpha value is -1.58. The van der Waals surface area contributed by atoms with Crippen molar-refractivity contribution in [3.05, 3.63) is 18.3 Å². The monoisotopic (exact) mass is 205 g/mol. The molecular formula is C11H15N3O. The molecule has 0 aromatic carbocycles. The molecule has 0 unspecified atom stereocenters. The second kappa shape index (κ2) is 4.29. The van der Waals surface area contributed by atoms with Gasteiger partial charge in [0.2, 0.25) is 5.91 Å². The number of nitrogens with two attached hydrogens (primary N) is 1. The molecule has 0 radical (unpaired) electrons. The fourth-order valence-electron chi connectivity index (χ4n) is 1.65. The summed E-state index contributed by atoms with van der Waals surface area (Å²) in [7, 11) is 0. The molecule has 4 heteroatoms. The number of nitrogens with zero attached hydrogens (tertiary/aromatic N) is 1. The van der Waals surface area contributed by atoms with E-state index in [0.717, 1.165) is 0 Å². The molecule has 0 atom stereocenters. The average molecular weight is 205 g/mol. The number of carbonyl (C=O) groups is 1. The quantitative estimate of drug-likeness (QED) is 0.790. The highest BCUT2D eigenvalue weighted by atomic mass is 16.1. The maximum Gasteiger partial charge on any atom is 0.224 e. The molecular weight excluding hydrogens is 190 g/mol. The average Bonchev–Trinajstić information content (AvgIpc) is 2.16. The van der Waals surface area contributed by atoms with Gasteiger partial charge in [0, 0.05) is 6.42 Å². The molecule has 1 fully saturated rings. The molecule has 1 aliphatic carbocycles. The summed E-state index contributed by atoms with van der Waals surface area (Å²) in [6.07, 6.45) is 5.85. The normalized spacial score (nSPS) is 15.7. The Morgan fingerprint density at radius 3 is 2.87 bits per heavy atom. The molecule has 3 N–H and O–H groups in total. The van der Waals surface area contributed by atoms with Crippen molar-refractivity contribution in [1.29, 1.82) is 0 Å². The lowest BCUT2D eigenvalue weighted by Gasteiger charge is -2.24. The van der Waals surface area contributed by atoms with Crippen LogP contribution in [0.1, 0.15) is 25.7 Å². The number of nitrogens with one attached hydrogen (secondary N) is 1. The molecule has 1 saturated carbocycles. The molecule has 1 amide bonds. The summed E-state index contributed by atoms with van der Waals surface area (Å²) in [5, 5.41) is 2.81. The van der Waals surface area contributed by atoms with Crippen molar-refractivity contribution in [1.82, 2.24) is 4.98 Å². The highest BCUT2D eigenvalue weighted by Gasteiger charge is 2.20. The third kappa shape index (κ3) is 2.68. The number of nitrogen functional groups attached to an aromatic ring is 1. The highest BCUT2D eigenvalue weighted by molar-refractivity contribution is 5.90. The van der Waals surface area contributed by atoms with Gasteiger partial charge in [0.1, 0.15) is 5.82 Å². The standard InChI is InChI=1S/C11H15N3O/c12-10-5-4-9(7-13-10)14-11(15)6-8-2-1-3-8/h4-5,7-8H,1-3,6H2,(H2,12,13)(H,14,15). The Labute approximate surface area is 88.9 Å². The van der Waals surface area contributed by atoms with Crippen molar-refractivity contribution in [3.63, 3.8) is 0 Å². The molecule has 0 saturated heterocycles. The minimum Gasteiger partial charge on any atom is -0.384 e. The van der Waals surface area contributed by atoms with Gasteiger partial charge in [0.05, 0.1) is 11.9 Å². The molecule has 2 rings (SSSR count). The van der Waals surface area contributed by atoms with Gasteiger partial charge >= 0.3 is 0 Å². The van der Waals surface area contributed by atoms with Gasteiger partial charge in [0.25, 0.3) is 0 Å². The molecule has 1 heterocycles. The van der Waals surface area contributed by atoms with E-state index in [0.29, 0.717) is 23.8 Å². The van der Waals surface area contributed by atoms with E-state index in [2.05, 4.69) is 10.3 Å². The van der Waals surface area contributed by atoms with Gasteiger partial charge in [-0.3, -0.25) is 4.79 Å². The van der Waals surface area contributed by atoms with Crippen LogP contribution < -0.4 is 11.1 Å². The van der Waals surface area contributed by atoms with Crippen LogP contribution in [0.3, 0.4) is 0 Å². The van der Waals surface area contributed by atoms with E-state index >= 15 is 0 Å². The zero-order chi connectivity index (χ0) is 10.7. The fraction of sp³-hybridized carbons (Fsp3) is 0.455. The van der Waals surface area contributed by atoms with E-state index in [1.807, 2.05) is 0 Å². The Morgan fingerprint density at radius 1 is 1.53 bits per heavy atom. The summed E-state index contributed by atoms with van der Waals surface area (Å²) in [5.41, 5.74) is 6.16. The van der Waals surface area contributed by atoms with Crippen molar-refractivity contribution in [2.75, 3.05) is 11.1 Å². The third-order valence-corrected chi connectivity index (χ3v) is 2.77. The maximum absolute atomic E-state index is 11.5. The van der Waals surface area contributed by atoms with Gasteiger partial charge in [-0.2, -0.15) is 0 Å². The summed E-state index contributed by atoms with van der Waals surface area (Å²) in [6.45, 7) is 0. The van der Waals surface area contributed by atoms with Gasteiger partial charge in [-0.25, -0.2) is 4.98 Å². The van der Waals surface area contributed by atoms with Crippen LogP contribution in [0, 0.1) is 5.92 Å². The predicted octanol–water partition coefficient (Wildman–Crippen LogP) is 1.79. The van der Waals surface area contributed by atoms with Crippen LogP contribution in [0.5, 0.6) is 0 Å². The van der Waals surface area contributed by atoms with E-state index < -0.39 is 0 Å². The zero-order valence-corrected chi connectivity index (χ0v) is 8.57. The van der Waals surface area contributed by atoms with Crippen LogP contribution >= 0.6 is 0 Å². The summed E-state index contributed by atoms with van der Waals surface area (Å²) in [5.74, 6) is 1.13. The second-order valence-corrected chi connectivity index (χ2v) is 4.02. The van der Waals surface area contributed by atoms with Crippen LogP contribution in [0.2, 0.25) is 0 Å². The number of aromatic nitrogens is 1. The first kappa shape index (κ1) is 9.96. The Balaban J connectivity index is 1.84. The van der Waals surface area contributed by atoms with Crippen LogP contribution in [0.25, 0.3) is 0 Å². The van der Waals surface area contributed by atoms with Gasteiger partial charge in [-0.1, -0.05) is 6.42 Å². The number of amides is 1. The highest BCUT2D eigenvalue weighted by Crippen LogP contribution is 2.29. The van der Waals surface area contributed by atoms with Crippen molar-refractivity contribution in [2.45, 2.75) is 25.7 Å². The number of hydrogen-bond acceptors (Lipinski definition) is 3. The summed E-state index contributed by atoms with van der Waals surface area (Å²) < 4.78 is 0. The number of pyridine rings is 1. The molecule has 0 bridgehead atoms. The lowest BCUT2D eigenvalue weighted by Crippen LogP contribution is -2.20. The lowest BCUT2D eigenvalue weighted by atomic mass is 9.83. The molecule has 1 aliphatic rings. The first-order valence-corrected chi connectivity index (χ1v) is 5.25. The summed E-state index contributed by atoms with van der Waals surface area (Å²) in [6, 6.07) is 3.44. The smallest absolute Gasteiger partial charge is 0.224 e. The second-order valence-electron chi connectivity index (χ2n) is 4.02. The SMILES string of the molecule is Nc1ccc(NC(=O)CC2CCC2)cn1. The lowest BCUT2D eigenvalue weighted by molar-refractivity contribution is -0.117. The minimum atomic E-state index is 0.0753. The molecule has 15 heavy (non-hydrogen) atoms. The molecule has 0 spiro atoms. The number of rotatable bonds is 3. The van der Waals surface area contributed by atoms with E-state index in [1.54, 1.807) is 18.3 Å². The van der Waals surface area contributed by atoms with Crippen molar-refractivity contribution in [3.8, 4) is 0 Å². The van der Waals surface area contributed by atoms with E-state index in [-0.39, 0.29) is 5.91 Å². The first-order valence-electron chi connectivity index (χ1n) is 5.25. The fourth-order valence-corrected chi connectivity index (χ4v) is 1.65. The van der Waals surface area contributed by atoms with Gasteiger partial charge in [0.15, 0.2) is 0 Å². The molecule has 80 valence electrons. The number of hydrogen-bond donors (Lipinski definition) is 2. The van der Waals surface area contributed by atoms with Crippen molar-refractivity contribution in [2.24, 2.45) is 5.92 Å². The van der Waals surface area contributed by atoms with Crippen LogP contribution in [0.15, 0.2) is 18.3 Å². The van der Waals surface area contributed by atoms with Crippen LogP contribution in [-0.2, 0) is 4.79 Å². The predicted molar refractivity (Wildman–Crippen MR) is 59.2 cm³/mol. The van der Waals surface area contributed by atoms with E-state index in [9.17, 15) is 4.79 Å². The van der Waals surface area contributed by atoms with E-state index in [1.165, 1.54) is 19.3 Å². The van der Waals surface area contributed by atoms with Crippen LogP contribution in [-0.4, -0.2) is 10.9 Å². The first-order chi connectivity index (χ1) is 7.24. The Kier molecular flexibility index (Phi) is 2.85. The Bertz CT molecular complexity index is 343. The minimum absolute atomic E-state index is 0.0753. The number of carbonyl (C=O) groups excluding carboxylic acids is 1. The van der Waals surface area contributed by atoms with Gasteiger partial charge in [-0.05, 0) is 30.9 Å². The van der Waals surface area contributed by atoms with Gasteiger partial charge in [-0.15, -0.1) is 0 Å². The largest absolute Gasteiger partial charge is 0.384 e. The van der Waals surface area contributed by atoms with Gasteiger partial charge < -0.3 is 11.1 Å². The van der Waals surface area contributed by atoms with Crippen molar-refractivity contribution < 1.29 is 4.79 Å². The zero-order valence-electron chi connectivity index (χ0n) is 8.57. The summed E-state index contributed by atoms with van der Waals surface area (Å²) in [4.78, 5) is 15.4. The molecule has 1 aromatic rings. The Morgan fingerprint density at radius 2 is 2.33 bits per heavy atom. The molecule has 0 aliphatic heterocycles. The summed E-state index contributed by atoms with van der Waals surface area (Å²) >= 11 is 0. The number of anilines is 2. The topological polar surface area (TPSA) is 68.0 Å². The maximum atomic E-state index is 11.5.